The van der Waals surface area contributed by atoms with Gasteiger partial charge in [-0.3, -0.25) is 9.69 Å². The molecule has 1 aromatic carbocycles. The number of aliphatic carboxylic acids is 1. The van der Waals surface area contributed by atoms with Crippen LogP contribution in [0.1, 0.15) is 12.5 Å². The monoisotopic (exact) mass is 259 g/mol. The summed E-state index contributed by atoms with van der Waals surface area (Å²) in [5.41, 5.74) is 0.502. The molecule has 1 atom stereocenters. The van der Waals surface area contributed by atoms with E-state index in [0.29, 0.717) is 23.6 Å². The van der Waals surface area contributed by atoms with Crippen LogP contribution >= 0.6 is 11.6 Å². The van der Waals surface area contributed by atoms with Crippen LogP contribution in [0.15, 0.2) is 18.2 Å². The molecule has 0 radical (unpaired) electrons. The molecule has 1 aromatic rings. The van der Waals surface area contributed by atoms with Crippen molar-refractivity contribution in [3.05, 3.63) is 34.6 Å². The highest BCUT2D eigenvalue weighted by Gasteiger charge is 2.16. The summed E-state index contributed by atoms with van der Waals surface area (Å²) in [6.07, 6.45) is 0.431. The molecule has 1 N–H and O–H groups in total. The van der Waals surface area contributed by atoms with Crippen molar-refractivity contribution in [2.45, 2.75) is 19.4 Å². The molecule has 0 saturated carbocycles. The van der Waals surface area contributed by atoms with Crippen LogP contribution in [0.5, 0.6) is 0 Å². The van der Waals surface area contributed by atoms with E-state index in [0.717, 1.165) is 0 Å². The fourth-order valence-corrected chi connectivity index (χ4v) is 1.61. The third-order valence-electron chi connectivity index (χ3n) is 2.76. The number of carboxylic acid groups (broad SMARTS) is 1. The first-order chi connectivity index (χ1) is 7.91. The van der Waals surface area contributed by atoms with Gasteiger partial charge < -0.3 is 5.11 Å². The van der Waals surface area contributed by atoms with E-state index in [9.17, 15) is 9.18 Å². The standard InChI is InChI=1S/C12H15ClFNO2/c1-8(12(16)17)15(2)6-5-9-7-10(13)3-4-11(9)14/h3-4,7-8H,5-6H2,1-2H3,(H,16,17). The fourth-order valence-electron chi connectivity index (χ4n) is 1.41. The van der Waals surface area contributed by atoms with Crippen molar-refractivity contribution in [1.82, 2.24) is 4.90 Å². The van der Waals surface area contributed by atoms with E-state index in [1.807, 2.05) is 0 Å². The van der Waals surface area contributed by atoms with Crippen molar-refractivity contribution in [3.63, 3.8) is 0 Å². The van der Waals surface area contributed by atoms with Gasteiger partial charge in [-0.05, 0) is 44.2 Å². The molecule has 0 spiro atoms. The van der Waals surface area contributed by atoms with Gasteiger partial charge in [-0.1, -0.05) is 11.6 Å². The lowest BCUT2D eigenvalue weighted by Crippen LogP contribution is -2.37. The SMILES string of the molecule is CC(C(=O)O)N(C)CCc1cc(Cl)ccc1F. The minimum Gasteiger partial charge on any atom is -0.480 e. The van der Waals surface area contributed by atoms with E-state index in [4.69, 9.17) is 16.7 Å². The van der Waals surface area contributed by atoms with Crippen molar-refractivity contribution >= 4 is 17.6 Å². The number of hydrogen-bond donors (Lipinski definition) is 1. The third kappa shape index (κ3) is 3.98. The summed E-state index contributed by atoms with van der Waals surface area (Å²) in [5, 5.41) is 9.29. The van der Waals surface area contributed by atoms with Gasteiger partial charge in [0.1, 0.15) is 11.9 Å². The molecule has 0 amide bonds. The molecule has 0 bridgehead atoms. The summed E-state index contributed by atoms with van der Waals surface area (Å²) in [6, 6.07) is 3.79. The van der Waals surface area contributed by atoms with Crippen LogP contribution in [0.25, 0.3) is 0 Å². The Hall–Kier alpha value is -1.13. The maximum absolute atomic E-state index is 13.4. The van der Waals surface area contributed by atoms with Crippen LogP contribution in [0.3, 0.4) is 0 Å². The second-order valence-electron chi connectivity index (χ2n) is 3.98. The van der Waals surface area contributed by atoms with Gasteiger partial charge in [0.15, 0.2) is 0 Å². The Morgan fingerprint density at radius 1 is 1.59 bits per heavy atom. The van der Waals surface area contributed by atoms with E-state index in [2.05, 4.69) is 0 Å². The number of halogens is 2. The highest BCUT2D eigenvalue weighted by molar-refractivity contribution is 6.30. The molecule has 0 fully saturated rings. The lowest BCUT2D eigenvalue weighted by molar-refractivity contribution is -0.142. The minimum absolute atomic E-state index is 0.314. The summed E-state index contributed by atoms with van der Waals surface area (Å²) in [4.78, 5) is 12.4. The van der Waals surface area contributed by atoms with Gasteiger partial charge in [-0.2, -0.15) is 0 Å². The number of nitrogens with zero attached hydrogens (tertiary/aromatic N) is 1. The lowest BCUT2D eigenvalue weighted by Gasteiger charge is -2.21. The van der Waals surface area contributed by atoms with Crippen LogP contribution in [-0.4, -0.2) is 35.6 Å². The Balaban J connectivity index is 2.61. The maximum atomic E-state index is 13.4. The molecule has 1 unspecified atom stereocenters. The van der Waals surface area contributed by atoms with E-state index < -0.39 is 12.0 Å². The number of carboxylic acids is 1. The number of likely N-dealkylation sites (N-methyl/N-ethyl adjacent to an activating group) is 1. The zero-order valence-electron chi connectivity index (χ0n) is 9.78. The zero-order valence-corrected chi connectivity index (χ0v) is 10.5. The molecular weight excluding hydrogens is 245 g/mol. The lowest BCUT2D eigenvalue weighted by atomic mass is 10.1. The predicted octanol–water partition coefficient (Wildman–Crippen LogP) is 2.43. The molecular formula is C12H15ClFNO2. The molecule has 0 heterocycles. The molecule has 0 aromatic heterocycles. The maximum Gasteiger partial charge on any atom is 0.320 e. The first-order valence-corrected chi connectivity index (χ1v) is 5.66. The quantitative estimate of drug-likeness (QED) is 0.883. The van der Waals surface area contributed by atoms with E-state index in [1.54, 1.807) is 24.9 Å². The van der Waals surface area contributed by atoms with Crippen molar-refractivity contribution in [2.75, 3.05) is 13.6 Å². The summed E-state index contributed by atoms with van der Waals surface area (Å²) < 4.78 is 13.4. The van der Waals surface area contributed by atoms with Gasteiger partial charge in [0, 0.05) is 11.6 Å². The van der Waals surface area contributed by atoms with E-state index >= 15 is 0 Å². The van der Waals surface area contributed by atoms with E-state index in [1.165, 1.54) is 12.1 Å². The molecule has 17 heavy (non-hydrogen) atoms. The number of rotatable bonds is 5. The molecule has 3 nitrogen and oxygen atoms in total. The number of hydrogen-bond acceptors (Lipinski definition) is 2. The van der Waals surface area contributed by atoms with Crippen molar-refractivity contribution in [2.24, 2.45) is 0 Å². The van der Waals surface area contributed by atoms with Gasteiger partial charge in [0.25, 0.3) is 0 Å². The topological polar surface area (TPSA) is 40.5 Å². The van der Waals surface area contributed by atoms with Crippen LogP contribution < -0.4 is 0 Å². The van der Waals surface area contributed by atoms with Gasteiger partial charge in [-0.25, -0.2) is 4.39 Å². The van der Waals surface area contributed by atoms with Crippen molar-refractivity contribution in [1.29, 1.82) is 0 Å². The molecule has 94 valence electrons. The van der Waals surface area contributed by atoms with Crippen molar-refractivity contribution < 1.29 is 14.3 Å². The Labute approximate surface area is 105 Å². The highest BCUT2D eigenvalue weighted by atomic mass is 35.5. The Bertz CT molecular complexity index is 411. The molecule has 0 aliphatic heterocycles. The van der Waals surface area contributed by atoms with E-state index in [-0.39, 0.29) is 5.82 Å². The second-order valence-corrected chi connectivity index (χ2v) is 4.42. The van der Waals surface area contributed by atoms with Crippen molar-refractivity contribution in [3.8, 4) is 0 Å². The average Bonchev–Trinajstić information content (AvgIpc) is 2.28. The Morgan fingerprint density at radius 3 is 2.82 bits per heavy atom. The van der Waals surface area contributed by atoms with Gasteiger partial charge in [0.2, 0.25) is 0 Å². The summed E-state index contributed by atoms with van der Waals surface area (Å²) >= 11 is 5.77. The average molecular weight is 260 g/mol. The van der Waals surface area contributed by atoms with Gasteiger partial charge >= 0.3 is 5.97 Å². The van der Waals surface area contributed by atoms with Gasteiger partial charge in [0.05, 0.1) is 0 Å². The van der Waals surface area contributed by atoms with Gasteiger partial charge in [-0.15, -0.1) is 0 Å². The zero-order chi connectivity index (χ0) is 13.0. The predicted molar refractivity (Wildman–Crippen MR) is 64.8 cm³/mol. The third-order valence-corrected chi connectivity index (χ3v) is 3.00. The second kappa shape index (κ2) is 5.98. The molecule has 5 heteroatoms. The number of carbonyl (C=O) groups is 1. The molecule has 1 rings (SSSR count). The molecule has 0 saturated heterocycles. The fraction of sp³-hybridized carbons (Fsp3) is 0.417. The Kier molecular flexibility index (Phi) is 4.90. The Morgan fingerprint density at radius 2 is 2.24 bits per heavy atom. The smallest absolute Gasteiger partial charge is 0.320 e. The highest BCUT2D eigenvalue weighted by Crippen LogP contribution is 2.15. The van der Waals surface area contributed by atoms with Crippen LogP contribution in [0.4, 0.5) is 4.39 Å². The van der Waals surface area contributed by atoms with Crippen LogP contribution in [-0.2, 0) is 11.2 Å². The van der Waals surface area contributed by atoms with Crippen LogP contribution in [0.2, 0.25) is 5.02 Å². The first kappa shape index (κ1) is 13.9. The van der Waals surface area contributed by atoms with Crippen LogP contribution in [0, 0.1) is 5.82 Å². The summed E-state index contributed by atoms with van der Waals surface area (Å²) in [6.45, 7) is 2.06. The molecule has 0 aliphatic rings. The normalized spacial score (nSPS) is 12.8. The minimum atomic E-state index is -0.890. The first-order valence-electron chi connectivity index (χ1n) is 5.28. The summed E-state index contributed by atoms with van der Waals surface area (Å²) in [7, 11) is 1.70. The summed E-state index contributed by atoms with van der Waals surface area (Å²) in [5.74, 6) is -1.20. The molecule has 0 aliphatic carbocycles. The largest absolute Gasteiger partial charge is 0.480 e. The number of benzene rings is 1.